The molecule has 0 radical (unpaired) electrons. The van der Waals surface area contributed by atoms with Gasteiger partial charge >= 0.3 is 0 Å². The fraction of sp³-hybridized carbons (Fsp3) is 0.545. The van der Waals surface area contributed by atoms with Crippen LogP contribution in [-0.4, -0.2) is 11.5 Å². The van der Waals surface area contributed by atoms with Gasteiger partial charge in [0.15, 0.2) is 0 Å². The maximum Gasteiger partial charge on any atom is 0.0703 e. The fourth-order valence-electron chi connectivity index (χ4n) is 1.85. The number of aromatic nitrogens is 1. The van der Waals surface area contributed by atoms with Crippen LogP contribution >= 0.6 is 0 Å². The molecule has 0 aromatic carbocycles. The molecule has 1 fully saturated rings. The summed E-state index contributed by atoms with van der Waals surface area (Å²) in [6, 6.07) is 4.47. The van der Waals surface area contributed by atoms with E-state index in [4.69, 9.17) is 5.26 Å². The van der Waals surface area contributed by atoms with Crippen molar-refractivity contribution in [1.82, 2.24) is 10.3 Å². The number of aromatic amines is 1. The predicted octanol–water partition coefficient (Wildman–Crippen LogP) is 1.80. The van der Waals surface area contributed by atoms with Crippen molar-refractivity contribution < 1.29 is 0 Å². The number of H-pyrrole nitrogens is 1. The number of rotatable bonds is 4. The van der Waals surface area contributed by atoms with Gasteiger partial charge in [-0.25, -0.2) is 0 Å². The molecular weight excluding hydrogens is 174 g/mol. The van der Waals surface area contributed by atoms with Crippen molar-refractivity contribution in [2.75, 3.05) is 6.54 Å². The van der Waals surface area contributed by atoms with E-state index in [9.17, 15) is 0 Å². The van der Waals surface area contributed by atoms with Crippen LogP contribution in [0.2, 0.25) is 0 Å². The molecule has 0 atom stereocenters. The van der Waals surface area contributed by atoms with Gasteiger partial charge in [-0.05, 0) is 24.5 Å². The van der Waals surface area contributed by atoms with Crippen LogP contribution in [0.1, 0.15) is 24.8 Å². The molecule has 1 aliphatic rings. The van der Waals surface area contributed by atoms with E-state index in [1.807, 2.05) is 18.5 Å². The second-order valence-corrected chi connectivity index (χ2v) is 4.07. The second kappa shape index (κ2) is 3.85. The van der Waals surface area contributed by atoms with Crippen LogP contribution in [0, 0.1) is 16.7 Å². The number of hydrogen-bond donors (Lipinski definition) is 2. The fourth-order valence-corrected chi connectivity index (χ4v) is 1.85. The number of hydrogen-bond acceptors (Lipinski definition) is 2. The third kappa shape index (κ3) is 1.80. The summed E-state index contributed by atoms with van der Waals surface area (Å²) in [5, 5.41) is 12.3. The van der Waals surface area contributed by atoms with Gasteiger partial charge in [-0.15, -0.1) is 0 Å². The minimum Gasteiger partial charge on any atom is -0.367 e. The van der Waals surface area contributed by atoms with Crippen LogP contribution in [0.5, 0.6) is 0 Å². The van der Waals surface area contributed by atoms with E-state index in [1.54, 1.807) is 0 Å². The zero-order valence-corrected chi connectivity index (χ0v) is 8.21. The lowest BCUT2D eigenvalue weighted by Gasteiger charge is -2.35. The van der Waals surface area contributed by atoms with E-state index in [0.717, 1.165) is 25.9 Å². The Hall–Kier alpha value is -1.27. The summed E-state index contributed by atoms with van der Waals surface area (Å²) in [4.78, 5) is 3.01. The molecule has 1 heterocycles. The van der Waals surface area contributed by atoms with E-state index >= 15 is 0 Å². The summed E-state index contributed by atoms with van der Waals surface area (Å²) >= 11 is 0. The minimum absolute atomic E-state index is 0.0592. The molecule has 14 heavy (non-hydrogen) atoms. The molecular formula is C11H15N3. The molecule has 2 rings (SSSR count). The molecule has 0 spiro atoms. The zero-order chi connectivity index (χ0) is 9.86. The molecule has 74 valence electrons. The highest BCUT2D eigenvalue weighted by Gasteiger charge is 2.36. The van der Waals surface area contributed by atoms with Crippen molar-refractivity contribution in [3.63, 3.8) is 0 Å². The van der Waals surface area contributed by atoms with Gasteiger partial charge < -0.3 is 10.3 Å². The van der Waals surface area contributed by atoms with Gasteiger partial charge in [-0.2, -0.15) is 5.26 Å². The van der Waals surface area contributed by atoms with Gasteiger partial charge in [0, 0.05) is 25.5 Å². The van der Waals surface area contributed by atoms with Crippen molar-refractivity contribution in [3.8, 4) is 6.07 Å². The highest BCUT2D eigenvalue weighted by atomic mass is 14.9. The van der Waals surface area contributed by atoms with Crippen molar-refractivity contribution in [2.24, 2.45) is 5.41 Å². The zero-order valence-electron chi connectivity index (χ0n) is 8.21. The Morgan fingerprint density at radius 3 is 2.93 bits per heavy atom. The first-order valence-corrected chi connectivity index (χ1v) is 5.08. The van der Waals surface area contributed by atoms with E-state index < -0.39 is 0 Å². The molecule has 0 amide bonds. The number of nitrogens with one attached hydrogen (secondary N) is 2. The molecule has 1 aromatic heterocycles. The Morgan fingerprint density at radius 2 is 2.43 bits per heavy atom. The second-order valence-electron chi connectivity index (χ2n) is 4.07. The smallest absolute Gasteiger partial charge is 0.0703 e. The van der Waals surface area contributed by atoms with Gasteiger partial charge in [0.25, 0.3) is 0 Å². The number of nitrogens with zero attached hydrogens (tertiary/aromatic N) is 1. The van der Waals surface area contributed by atoms with Gasteiger partial charge in [0.05, 0.1) is 11.5 Å². The highest BCUT2D eigenvalue weighted by molar-refractivity contribution is 5.09. The monoisotopic (exact) mass is 189 g/mol. The van der Waals surface area contributed by atoms with Gasteiger partial charge in [-0.1, -0.05) is 6.42 Å². The first kappa shape index (κ1) is 9.29. The minimum atomic E-state index is -0.0592. The average Bonchev–Trinajstić information content (AvgIpc) is 2.62. The summed E-state index contributed by atoms with van der Waals surface area (Å²) in [7, 11) is 0. The van der Waals surface area contributed by atoms with Gasteiger partial charge in [-0.3, -0.25) is 0 Å². The Labute approximate surface area is 84.1 Å². The molecule has 1 aliphatic carbocycles. The molecule has 0 saturated heterocycles. The molecule has 1 aromatic rings. The predicted molar refractivity (Wildman–Crippen MR) is 54.4 cm³/mol. The third-order valence-electron chi connectivity index (χ3n) is 3.00. The van der Waals surface area contributed by atoms with E-state index in [0.29, 0.717) is 0 Å². The molecule has 1 saturated carbocycles. The van der Waals surface area contributed by atoms with Crippen molar-refractivity contribution >= 4 is 0 Å². The molecule has 2 N–H and O–H groups in total. The maximum absolute atomic E-state index is 9.00. The van der Waals surface area contributed by atoms with Crippen LogP contribution in [0.4, 0.5) is 0 Å². The highest BCUT2D eigenvalue weighted by Crippen LogP contribution is 2.39. The van der Waals surface area contributed by atoms with Crippen LogP contribution in [0.25, 0.3) is 0 Å². The summed E-state index contributed by atoms with van der Waals surface area (Å²) in [6.07, 6.45) is 7.22. The van der Waals surface area contributed by atoms with Crippen LogP contribution in [-0.2, 0) is 6.54 Å². The summed E-state index contributed by atoms with van der Waals surface area (Å²) in [5.41, 5.74) is 1.19. The van der Waals surface area contributed by atoms with Crippen molar-refractivity contribution in [3.05, 3.63) is 24.0 Å². The number of nitriles is 1. The Balaban J connectivity index is 1.75. The van der Waals surface area contributed by atoms with E-state index in [-0.39, 0.29) is 5.41 Å². The Kier molecular flexibility index (Phi) is 2.55. The van der Waals surface area contributed by atoms with E-state index in [2.05, 4.69) is 16.4 Å². The summed E-state index contributed by atoms with van der Waals surface area (Å²) < 4.78 is 0. The molecule has 3 heteroatoms. The SMILES string of the molecule is N#CC1(CNCc2cc[nH]c2)CCC1. The van der Waals surface area contributed by atoms with E-state index in [1.165, 1.54) is 12.0 Å². The standard InChI is InChI=1S/C11H15N3/c12-8-11(3-1-4-11)9-14-7-10-2-5-13-6-10/h2,5-6,13-14H,1,3-4,7,9H2. The van der Waals surface area contributed by atoms with Crippen LogP contribution < -0.4 is 5.32 Å². The largest absolute Gasteiger partial charge is 0.367 e. The first-order chi connectivity index (χ1) is 6.85. The first-order valence-electron chi connectivity index (χ1n) is 5.08. The average molecular weight is 189 g/mol. The van der Waals surface area contributed by atoms with Crippen molar-refractivity contribution in [1.29, 1.82) is 5.26 Å². The third-order valence-corrected chi connectivity index (χ3v) is 3.00. The molecule has 0 unspecified atom stereocenters. The lowest BCUT2D eigenvalue weighted by molar-refractivity contribution is 0.206. The summed E-state index contributed by atoms with van der Waals surface area (Å²) in [6.45, 7) is 1.68. The van der Waals surface area contributed by atoms with Crippen molar-refractivity contribution in [2.45, 2.75) is 25.8 Å². The normalized spacial score (nSPS) is 18.5. The quantitative estimate of drug-likeness (QED) is 0.758. The summed E-state index contributed by atoms with van der Waals surface area (Å²) in [5.74, 6) is 0. The maximum atomic E-state index is 9.00. The topological polar surface area (TPSA) is 51.6 Å². The van der Waals surface area contributed by atoms with Crippen LogP contribution in [0.15, 0.2) is 18.5 Å². The lowest BCUT2D eigenvalue weighted by atomic mass is 9.70. The Bertz CT molecular complexity index is 317. The molecule has 0 aliphatic heterocycles. The van der Waals surface area contributed by atoms with Gasteiger partial charge in [0.1, 0.15) is 0 Å². The van der Waals surface area contributed by atoms with Gasteiger partial charge in [0.2, 0.25) is 0 Å². The molecule has 0 bridgehead atoms. The lowest BCUT2D eigenvalue weighted by Crippen LogP contribution is -2.38. The molecule has 3 nitrogen and oxygen atoms in total. The van der Waals surface area contributed by atoms with Crippen LogP contribution in [0.3, 0.4) is 0 Å². The Morgan fingerprint density at radius 1 is 1.57 bits per heavy atom.